The van der Waals surface area contributed by atoms with E-state index < -0.39 is 0 Å². The number of carbonyl (C=O) groups excluding carboxylic acids is 1. The lowest BCUT2D eigenvalue weighted by Gasteiger charge is -2.14. The number of hydrogen-bond acceptors (Lipinski definition) is 3. The third kappa shape index (κ3) is 7.68. The molecule has 0 saturated carbocycles. The van der Waals surface area contributed by atoms with Crippen LogP contribution in [0.2, 0.25) is 0 Å². The maximum absolute atomic E-state index is 11.4. The van der Waals surface area contributed by atoms with Gasteiger partial charge in [0.25, 0.3) is 0 Å². The molecule has 0 radical (unpaired) electrons. The fraction of sp³-hybridized carbons (Fsp3) is 0.909. The van der Waals surface area contributed by atoms with Crippen molar-refractivity contribution in [3.05, 3.63) is 0 Å². The molecule has 0 bridgehead atoms. The Morgan fingerprint density at radius 2 is 1.87 bits per heavy atom. The summed E-state index contributed by atoms with van der Waals surface area (Å²) in [5, 5.41) is 11.2. The van der Waals surface area contributed by atoms with Gasteiger partial charge >= 0.3 is 0 Å². The molecule has 0 aromatic heterocycles. The minimum Gasteiger partial charge on any atom is -0.396 e. The molecule has 90 valence electrons. The van der Waals surface area contributed by atoms with Crippen molar-refractivity contribution < 1.29 is 9.90 Å². The molecule has 1 atom stereocenters. The van der Waals surface area contributed by atoms with E-state index in [1.165, 1.54) is 0 Å². The van der Waals surface area contributed by atoms with Gasteiger partial charge in [0.2, 0.25) is 5.91 Å². The van der Waals surface area contributed by atoms with Crippen molar-refractivity contribution in [2.24, 2.45) is 5.92 Å². The highest BCUT2D eigenvalue weighted by atomic mass is 32.1. The fourth-order valence-corrected chi connectivity index (χ4v) is 1.30. The third-order valence-electron chi connectivity index (χ3n) is 2.28. The first kappa shape index (κ1) is 14.8. The third-order valence-corrected chi connectivity index (χ3v) is 3.12. The SMILES string of the molecule is CC(C)C(S)C(=O)NCCCCCCO. The molecule has 0 saturated heterocycles. The van der Waals surface area contributed by atoms with E-state index in [0.717, 1.165) is 25.7 Å². The molecular formula is C11H23NO2S. The summed E-state index contributed by atoms with van der Waals surface area (Å²) in [6, 6.07) is 0. The molecule has 1 unspecified atom stereocenters. The van der Waals surface area contributed by atoms with Crippen molar-refractivity contribution in [2.75, 3.05) is 13.2 Å². The van der Waals surface area contributed by atoms with Crippen molar-refractivity contribution in [2.45, 2.75) is 44.8 Å². The first-order chi connectivity index (χ1) is 7.09. The van der Waals surface area contributed by atoms with Gasteiger partial charge in [-0.3, -0.25) is 4.79 Å². The van der Waals surface area contributed by atoms with Crippen molar-refractivity contribution >= 4 is 18.5 Å². The highest BCUT2D eigenvalue weighted by Crippen LogP contribution is 2.08. The van der Waals surface area contributed by atoms with Crippen LogP contribution >= 0.6 is 12.6 Å². The van der Waals surface area contributed by atoms with E-state index in [0.29, 0.717) is 6.54 Å². The van der Waals surface area contributed by atoms with Crippen molar-refractivity contribution in [1.82, 2.24) is 5.32 Å². The Balaban J connectivity index is 3.39. The quantitative estimate of drug-likeness (QED) is 0.441. The number of aliphatic hydroxyl groups excluding tert-OH is 1. The zero-order chi connectivity index (χ0) is 11.7. The molecule has 1 amide bonds. The largest absolute Gasteiger partial charge is 0.396 e. The summed E-state index contributed by atoms with van der Waals surface area (Å²) in [4.78, 5) is 11.4. The second-order valence-electron chi connectivity index (χ2n) is 4.12. The molecular weight excluding hydrogens is 210 g/mol. The molecule has 0 aromatic rings. The number of rotatable bonds is 8. The maximum atomic E-state index is 11.4. The number of carbonyl (C=O) groups is 1. The Morgan fingerprint density at radius 3 is 2.40 bits per heavy atom. The number of aliphatic hydroxyl groups is 1. The molecule has 0 heterocycles. The van der Waals surface area contributed by atoms with Gasteiger partial charge in [-0.2, -0.15) is 12.6 Å². The monoisotopic (exact) mass is 233 g/mol. The normalized spacial score (nSPS) is 12.9. The average Bonchev–Trinajstić information content (AvgIpc) is 2.21. The van der Waals surface area contributed by atoms with E-state index in [1.54, 1.807) is 0 Å². The summed E-state index contributed by atoms with van der Waals surface area (Å²) in [5.74, 6) is 0.290. The van der Waals surface area contributed by atoms with Crippen LogP contribution in [0.15, 0.2) is 0 Å². The molecule has 0 aromatic carbocycles. The Hall–Kier alpha value is -0.220. The van der Waals surface area contributed by atoms with Crippen LogP contribution in [0.1, 0.15) is 39.5 Å². The lowest BCUT2D eigenvalue weighted by molar-refractivity contribution is -0.121. The Bertz CT molecular complexity index is 174. The predicted molar refractivity (Wildman–Crippen MR) is 66.2 cm³/mol. The maximum Gasteiger partial charge on any atom is 0.233 e. The number of amides is 1. The van der Waals surface area contributed by atoms with Crippen LogP contribution in [0.25, 0.3) is 0 Å². The Morgan fingerprint density at radius 1 is 1.27 bits per heavy atom. The lowest BCUT2D eigenvalue weighted by Crippen LogP contribution is -2.34. The van der Waals surface area contributed by atoms with Gasteiger partial charge in [-0.1, -0.05) is 26.7 Å². The summed E-state index contributed by atoms with van der Waals surface area (Å²) in [5.41, 5.74) is 0. The van der Waals surface area contributed by atoms with Gasteiger partial charge in [-0.05, 0) is 18.8 Å². The minimum absolute atomic E-state index is 0.0236. The number of thiol groups is 1. The summed E-state index contributed by atoms with van der Waals surface area (Å²) in [6.45, 7) is 4.95. The molecule has 0 aliphatic carbocycles. The van der Waals surface area contributed by atoms with E-state index >= 15 is 0 Å². The fourth-order valence-electron chi connectivity index (χ4n) is 1.21. The second-order valence-corrected chi connectivity index (χ2v) is 4.67. The molecule has 4 heteroatoms. The highest BCUT2D eigenvalue weighted by Gasteiger charge is 2.16. The Kier molecular flexibility index (Phi) is 8.91. The zero-order valence-electron chi connectivity index (χ0n) is 9.70. The van der Waals surface area contributed by atoms with Gasteiger partial charge in [0, 0.05) is 13.2 Å². The van der Waals surface area contributed by atoms with Gasteiger partial charge in [0.1, 0.15) is 0 Å². The molecule has 0 fully saturated rings. The van der Waals surface area contributed by atoms with Gasteiger partial charge in [0.05, 0.1) is 5.25 Å². The van der Waals surface area contributed by atoms with Crippen LogP contribution in [0.4, 0.5) is 0 Å². The van der Waals surface area contributed by atoms with Crippen LogP contribution < -0.4 is 5.32 Å². The predicted octanol–water partition coefficient (Wildman–Crippen LogP) is 1.61. The summed E-state index contributed by atoms with van der Waals surface area (Å²) in [7, 11) is 0. The molecule has 0 aliphatic heterocycles. The van der Waals surface area contributed by atoms with Crippen LogP contribution in [-0.2, 0) is 4.79 Å². The zero-order valence-corrected chi connectivity index (χ0v) is 10.6. The van der Waals surface area contributed by atoms with Crippen LogP contribution in [-0.4, -0.2) is 29.4 Å². The molecule has 0 spiro atoms. The second kappa shape index (κ2) is 9.04. The molecule has 15 heavy (non-hydrogen) atoms. The van der Waals surface area contributed by atoms with Crippen molar-refractivity contribution in [3.8, 4) is 0 Å². The van der Waals surface area contributed by atoms with E-state index in [4.69, 9.17) is 5.11 Å². The molecule has 0 aliphatic rings. The number of unbranched alkanes of at least 4 members (excludes halogenated alkanes) is 3. The van der Waals surface area contributed by atoms with Crippen LogP contribution in [0, 0.1) is 5.92 Å². The number of hydrogen-bond donors (Lipinski definition) is 3. The van der Waals surface area contributed by atoms with E-state index in [2.05, 4.69) is 17.9 Å². The standard InChI is InChI=1S/C11H23NO2S/c1-9(2)10(15)11(14)12-7-5-3-4-6-8-13/h9-10,13,15H,3-8H2,1-2H3,(H,12,14). The van der Waals surface area contributed by atoms with Gasteiger partial charge < -0.3 is 10.4 Å². The molecule has 0 rings (SSSR count). The lowest BCUT2D eigenvalue weighted by atomic mass is 10.1. The van der Waals surface area contributed by atoms with Crippen LogP contribution in [0.5, 0.6) is 0 Å². The summed E-state index contributed by atoms with van der Waals surface area (Å²) < 4.78 is 0. The molecule has 2 N–H and O–H groups in total. The topological polar surface area (TPSA) is 49.3 Å². The highest BCUT2D eigenvalue weighted by molar-refractivity contribution is 7.81. The molecule has 3 nitrogen and oxygen atoms in total. The first-order valence-corrected chi connectivity index (χ1v) is 6.18. The number of nitrogens with one attached hydrogen (secondary N) is 1. The van der Waals surface area contributed by atoms with Crippen molar-refractivity contribution in [3.63, 3.8) is 0 Å². The summed E-state index contributed by atoms with van der Waals surface area (Å²) >= 11 is 4.23. The van der Waals surface area contributed by atoms with Crippen LogP contribution in [0.3, 0.4) is 0 Å². The van der Waals surface area contributed by atoms with Crippen molar-refractivity contribution in [1.29, 1.82) is 0 Å². The first-order valence-electron chi connectivity index (χ1n) is 5.66. The van der Waals surface area contributed by atoms with E-state index in [9.17, 15) is 4.79 Å². The van der Waals surface area contributed by atoms with Gasteiger partial charge in [0.15, 0.2) is 0 Å². The summed E-state index contributed by atoms with van der Waals surface area (Å²) in [6.07, 6.45) is 3.92. The average molecular weight is 233 g/mol. The van der Waals surface area contributed by atoms with E-state index in [1.807, 2.05) is 13.8 Å². The van der Waals surface area contributed by atoms with Gasteiger partial charge in [-0.25, -0.2) is 0 Å². The van der Waals surface area contributed by atoms with Gasteiger partial charge in [-0.15, -0.1) is 0 Å². The van der Waals surface area contributed by atoms with E-state index in [-0.39, 0.29) is 23.7 Å². The minimum atomic E-state index is -0.206. The Labute approximate surface area is 98.0 Å². The smallest absolute Gasteiger partial charge is 0.233 e.